The summed E-state index contributed by atoms with van der Waals surface area (Å²) in [7, 11) is 12.4. The SMILES string of the molecule is CN1C=CN(c2[c-]c(-n3c4[c-]c(-c5nc6c7c(ccc6n5C)Cc5ccccc5-7)ccc4c4ccccc43)ccc2)[CH-]1.CN1C=CN(c2[c-]c(-n3c4[c-]c(-c5nc6ccc(-c7ccc8c(c7)Cc7ccccc7-8)cc6n5C)ccc4c4ccccc43)ccc2)[CH-]1.CN1C=CN(c2[c-]c(-n3c4[c-]c(-c5nc6ccc7c(c6n5C)-c5ccccc5C7)ccc4c4ccccc43)ccc2)[CH-]1.[Pt].[Pt].[Pt]. The minimum absolute atomic E-state index is 0. The summed E-state index contributed by atoms with van der Waals surface area (Å²) in [5, 5.41) is 7.05. The fourth-order valence-electron chi connectivity index (χ4n) is 21.0. The Balaban J connectivity index is 0.000000113. The van der Waals surface area contributed by atoms with Crippen molar-refractivity contribution in [3.63, 3.8) is 0 Å². The van der Waals surface area contributed by atoms with Gasteiger partial charge in [-0.15, -0.1) is 143 Å². The van der Waals surface area contributed by atoms with E-state index in [1.165, 1.54) is 99.6 Å². The van der Waals surface area contributed by atoms with Crippen molar-refractivity contribution in [2.75, 3.05) is 35.8 Å². The number of para-hydroxylation sites is 3. The molecule has 9 heterocycles. The second-order valence-corrected chi connectivity index (χ2v) is 35.2. The van der Waals surface area contributed by atoms with E-state index in [1.54, 1.807) is 0 Å². The van der Waals surface area contributed by atoms with Gasteiger partial charge in [-0.3, -0.25) is 15.0 Å². The number of hydrogen-bond donors (Lipinski definition) is 0. The fourth-order valence-corrected chi connectivity index (χ4v) is 21.0. The van der Waals surface area contributed by atoms with E-state index in [2.05, 4.69) is 397 Å². The summed E-state index contributed by atoms with van der Waals surface area (Å²) >= 11 is 0. The summed E-state index contributed by atoms with van der Waals surface area (Å²) in [6, 6.07) is 129. The van der Waals surface area contributed by atoms with Crippen LogP contribution < -0.4 is 14.7 Å². The molecule has 18 heteroatoms. The van der Waals surface area contributed by atoms with Crippen LogP contribution in [0.4, 0.5) is 17.1 Å². The van der Waals surface area contributed by atoms with Gasteiger partial charge in [0.1, 0.15) is 0 Å². The standard InChI is InChI=1S/C43H30N5.2C37H26N5.3Pt/c1-45-20-21-47(27-45)33-9-7-10-34(26-33)48-40-13-6-5-12-37(40)38-18-15-31(25-41(38)48)43-44-39-19-16-29(24-42(39)46(43)2)28-14-17-36-32(22-28)23-30-8-3-4-11-35(30)36;1-39-18-19-41(23-39)27-9-7-10-28(22-27)42-33-13-6-5-12-30(33)31-16-14-26(21-34(31)42)37-38-32-17-15-25-20-24-8-3-4-11-29(24)35(25)36(32)40(37)2;1-39-18-19-41(23-39)27-9-7-10-28(22-27)42-32-13-6-5-12-30(32)31-16-14-26(21-34(31)42)37-38-36-33(40(37)2)17-15-25-20-24-8-3-4-11-29(24)35(25)36;;;/h3-22,24,27H,23H2,1-2H3;2*3-19,23H,20H2,1-2H3;;;/q3*-3;;;. The molecule has 664 valence electrons. The average molecular weight is 2280 g/mol. The molecule has 0 N–H and O–H groups in total. The van der Waals surface area contributed by atoms with Gasteiger partial charge in [-0.05, 0) is 220 Å². The largest absolute Gasteiger partial charge is 0.510 e. The Kier molecular flexibility index (Phi) is 21.0. The van der Waals surface area contributed by atoms with Gasteiger partial charge in [-0.1, -0.05) is 197 Å². The average Bonchev–Trinajstić information content (AvgIpc) is 1.59. The van der Waals surface area contributed by atoms with Gasteiger partial charge in [0.05, 0.1) is 50.6 Å². The van der Waals surface area contributed by atoms with Crippen LogP contribution in [0.15, 0.2) is 334 Å². The summed E-state index contributed by atoms with van der Waals surface area (Å²) in [4.78, 5) is 27.9. The fraction of sp³-hybridized carbons (Fsp3) is 0.0769. The third-order valence-electron chi connectivity index (χ3n) is 27.2. The predicted octanol–water partition coefficient (Wildman–Crippen LogP) is 25.2. The quantitative estimate of drug-likeness (QED) is 0.124. The van der Waals surface area contributed by atoms with Crippen LogP contribution in [0.5, 0.6) is 0 Å². The molecule has 0 atom stereocenters. The summed E-state index contributed by atoms with van der Waals surface area (Å²) < 4.78 is 13.5. The first kappa shape index (κ1) is 84.7. The van der Waals surface area contributed by atoms with Gasteiger partial charge >= 0.3 is 0 Å². The molecule has 6 aliphatic rings. The second-order valence-electron chi connectivity index (χ2n) is 35.2. The van der Waals surface area contributed by atoms with Crippen LogP contribution in [0.1, 0.15) is 33.4 Å². The molecular formula is C117H82N15Pt3-9. The topological polar surface area (TPSA) is 87.7 Å². The van der Waals surface area contributed by atoms with E-state index in [0.29, 0.717) is 0 Å². The molecule has 0 fully saturated rings. The summed E-state index contributed by atoms with van der Waals surface area (Å²) in [5.41, 5.74) is 40.3. The molecule has 0 unspecified atom stereocenters. The normalized spacial score (nSPS) is 13.6. The predicted molar refractivity (Wildman–Crippen MR) is 536 cm³/mol. The number of hydrogen-bond acceptors (Lipinski definition) is 9. The van der Waals surface area contributed by atoms with Crippen molar-refractivity contribution in [2.45, 2.75) is 19.3 Å². The number of benzene rings is 16. The van der Waals surface area contributed by atoms with Crippen LogP contribution in [-0.4, -0.2) is 78.2 Å². The smallest absolute Gasteiger partial charge is 0.0852 e. The van der Waals surface area contributed by atoms with Gasteiger partial charge in [0.15, 0.2) is 0 Å². The Morgan fingerprint density at radius 3 is 1.13 bits per heavy atom. The van der Waals surface area contributed by atoms with E-state index in [1.807, 2.05) is 93.0 Å². The molecule has 0 amide bonds. The van der Waals surface area contributed by atoms with Crippen molar-refractivity contribution in [1.29, 1.82) is 0 Å². The second kappa shape index (κ2) is 33.5. The van der Waals surface area contributed by atoms with Gasteiger partial charge < -0.3 is 56.8 Å². The first-order chi connectivity index (χ1) is 64.9. The number of imidazole rings is 3. The van der Waals surface area contributed by atoms with Crippen LogP contribution in [0.25, 0.3) is 194 Å². The molecular weight excluding hydrogens is 2200 g/mol. The Bertz CT molecular complexity index is 8540. The van der Waals surface area contributed by atoms with E-state index in [9.17, 15) is 0 Å². The monoisotopic (exact) mass is 2280 g/mol. The first-order valence-corrected chi connectivity index (χ1v) is 44.7. The molecule has 15 nitrogen and oxygen atoms in total. The van der Waals surface area contributed by atoms with Crippen LogP contribution in [-0.2, 0) is 104 Å². The Hall–Kier alpha value is -14.6. The minimum atomic E-state index is 0. The van der Waals surface area contributed by atoms with Gasteiger partial charge in [0.25, 0.3) is 0 Å². The van der Waals surface area contributed by atoms with E-state index >= 15 is 0 Å². The summed E-state index contributed by atoms with van der Waals surface area (Å²) in [6.07, 6.45) is 15.2. The Labute approximate surface area is 825 Å². The van der Waals surface area contributed by atoms with Gasteiger partial charge in [-0.25, -0.2) is 0 Å². The van der Waals surface area contributed by atoms with Gasteiger partial charge in [0, 0.05) is 112 Å². The van der Waals surface area contributed by atoms with Gasteiger partial charge in [0.2, 0.25) is 0 Å². The van der Waals surface area contributed by atoms with Gasteiger partial charge in [-0.2, -0.15) is 38.2 Å². The van der Waals surface area contributed by atoms with Crippen LogP contribution in [0.2, 0.25) is 0 Å². The van der Waals surface area contributed by atoms with Crippen LogP contribution >= 0.6 is 0 Å². The number of aromatic nitrogens is 9. The maximum Gasteiger partial charge on any atom is 0.0852 e. The van der Waals surface area contributed by atoms with Crippen molar-refractivity contribution in [2.24, 2.45) is 21.1 Å². The first-order valence-electron chi connectivity index (χ1n) is 44.7. The van der Waals surface area contributed by atoms with Crippen LogP contribution in [0, 0.1) is 56.4 Å². The molecule has 0 radical (unpaired) electrons. The van der Waals surface area contributed by atoms with Crippen molar-refractivity contribution in [3.8, 4) is 95.7 Å². The van der Waals surface area contributed by atoms with Crippen molar-refractivity contribution in [3.05, 3.63) is 424 Å². The number of fused-ring (bicyclic) bond motifs is 23. The third-order valence-corrected chi connectivity index (χ3v) is 27.2. The molecule has 3 aliphatic heterocycles. The molecule has 0 saturated heterocycles. The zero-order chi connectivity index (χ0) is 87.8. The maximum atomic E-state index is 5.28. The summed E-state index contributed by atoms with van der Waals surface area (Å²) in [5.74, 6) is 2.72. The zero-order valence-electron chi connectivity index (χ0n) is 74.3. The van der Waals surface area contributed by atoms with Crippen molar-refractivity contribution < 1.29 is 63.2 Å². The van der Waals surface area contributed by atoms with E-state index < -0.39 is 0 Å². The molecule has 0 saturated carbocycles. The molecule has 28 rings (SSSR count). The molecule has 16 aromatic carbocycles. The number of aryl methyl sites for hydroxylation is 3. The molecule has 6 aromatic heterocycles. The molecule has 3 aliphatic carbocycles. The zero-order valence-corrected chi connectivity index (χ0v) is 81.1. The third kappa shape index (κ3) is 14.0. The number of nitrogens with zero attached hydrogens (tertiary/aromatic N) is 15. The Morgan fingerprint density at radius 2 is 0.637 bits per heavy atom. The molecule has 0 spiro atoms. The van der Waals surface area contributed by atoms with Crippen LogP contribution in [0.3, 0.4) is 0 Å². The van der Waals surface area contributed by atoms with Crippen molar-refractivity contribution >= 4 is 116 Å². The van der Waals surface area contributed by atoms with E-state index in [-0.39, 0.29) is 63.2 Å². The summed E-state index contributed by atoms with van der Waals surface area (Å²) in [6.45, 7) is 6.14. The number of anilines is 3. The van der Waals surface area contributed by atoms with E-state index in [0.717, 1.165) is 164 Å². The van der Waals surface area contributed by atoms with E-state index in [4.69, 9.17) is 15.0 Å². The number of rotatable bonds is 10. The maximum absolute atomic E-state index is 5.28. The molecule has 0 bridgehead atoms. The Morgan fingerprint density at radius 1 is 0.259 bits per heavy atom. The molecule has 135 heavy (non-hydrogen) atoms. The minimum Gasteiger partial charge on any atom is -0.510 e. The molecule has 22 aromatic rings. The van der Waals surface area contributed by atoms with Crippen molar-refractivity contribution in [1.82, 2.24) is 57.1 Å².